The van der Waals surface area contributed by atoms with Gasteiger partial charge in [0, 0.05) is 5.69 Å². The van der Waals surface area contributed by atoms with Gasteiger partial charge in [-0.2, -0.15) is 0 Å². The number of carbonyl (C=O) groups is 1. The van der Waals surface area contributed by atoms with Gasteiger partial charge in [0.15, 0.2) is 0 Å². The van der Waals surface area contributed by atoms with E-state index in [1.165, 1.54) is 5.56 Å². The summed E-state index contributed by atoms with van der Waals surface area (Å²) in [5.74, 6) is 0.551. The van der Waals surface area contributed by atoms with Gasteiger partial charge >= 0.3 is 0 Å². The Bertz CT molecular complexity index is 768. The Morgan fingerprint density at radius 2 is 1.71 bits per heavy atom. The Labute approximate surface area is 157 Å². The number of rotatable bonds is 2. The van der Waals surface area contributed by atoms with E-state index in [4.69, 9.17) is 23.2 Å². The normalized spacial score (nSPS) is 18.3. The molecule has 0 saturated carbocycles. The number of amides is 1. The lowest BCUT2D eigenvalue weighted by molar-refractivity contribution is -0.115. The van der Waals surface area contributed by atoms with E-state index in [2.05, 4.69) is 45.0 Å². The van der Waals surface area contributed by atoms with Crippen LogP contribution in [0.25, 0.3) is 0 Å². The van der Waals surface area contributed by atoms with Crippen LogP contribution in [-0.2, 0) is 10.2 Å². The van der Waals surface area contributed by atoms with Crippen LogP contribution in [0.1, 0.15) is 37.3 Å². The molecule has 5 heteroatoms. The van der Waals surface area contributed by atoms with Crippen LogP contribution in [0, 0.1) is 0 Å². The summed E-state index contributed by atoms with van der Waals surface area (Å²) in [6.45, 7) is 6.58. The number of nitrogens with zero attached hydrogens (tertiary/aromatic N) is 1. The highest BCUT2D eigenvalue weighted by Gasteiger charge is 2.34. The monoisotopic (exact) mass is 379 g/mol. The summed E-state index contributed by atoms with van der Waals surface area (Å²) >= 11 is 13.8. The predicted octanol–water partition coefficient (Wildman–Crippen LogP) is 6.07. The first-order chi connectivity index (χ1) is 11.3. The number of benzene rings is 2. The van der Waals surface area contributed by atoms with Crippen LogP contribution in [0.15, 0.2) is 42.5 Å². The van der Waals surface area contributed by atoms with Crippen molar-refractivity contribution in [2.24, 2.45) is 0 Å². The zero-order valence-electron chi connectivity index (χ0n) is 13.8. The lowest BCUT2D eigenvalue weighted by atomic mass is 9.86. The van der Waals surface area contributed by atoms with Gasteiger partial charge < -0.3 is 0 Å². The van der Waals surface area contributed by atoms with Crippen molar-refractivity contribution in [3.05, 3.63) is 63.6 Å². The SMILES string of the molecule is CC(C)(C)c1ccc([C@@H]2SCC(=O)N2c2ccc(Cl)c(Cl)c2)cc1. The zero-order chi connectivity index (χ0) is 17.5. The fraction of sp³-hybridized carbons (Fsp3) is 0.316. The Morgan fingerprint density at radius 3 is 2.29 bits per heavy atom. The Morgan fingerprint density at radius 1 is 1.04 bits per heavy atom. The second kappa shape index (κ2) is 6.62. The second-order valence-electron chi connectivity index (χ2n) is 6.90. The summed E-state index contributed by atoms with van der Waals surface area (Å²) in [5, 5.41) is 0.912. The van der Waals surface area contributed by atoms with Gasteiger partial charge in [0.25, 0.3) is 0 Å². The first-order valence-electron chi connectivity index (χ1n) is 7.76. The second-order valence-corrected chi connectivity index (χ2v) is 8.78. The molecule has 0 unspecified atom stereocenters. The Balaban J connectivity index is 1.94. The molecule has 3 rings (SSSR count). The maximum absolute atomic E-state index is 12.4. The maximum atomic E-state index is 12.4. The molecule has 126 valence electrons. The number of hydrogen-bond donors (Lipinski definition) is 0. The third-order valence-electron chi connectivity index (χ3n) is 4.11. The minimum absolute atomic E-state index is 0.0382. The summed E-state index contributed by atoms with van der Waals surface area (Å²) in [6, 6.07) is 13.8. The first-order valence-corrected chi connectivity index (χ1v) is 9.57. The van der Waals surface area contributed by atoms with E-state index in [0.717, 1.165) is 11.3 Å². The molecule has 2 nitrogen and oxygen atoms in total. The predicted molar refractivity (Wildman–Crippen MR) is 104 cm³/mol. The molecule has 2 aromatic carbocycles. The van der Waals surface area contributed by atoms with Gasteiger partial charge in [0.2, 0.25) is 5.91 Å². The smallest absolute Gasteiger partial charge is 0.238 e. The molecule has 1 amide bonds. The van der Waals surface area contributed by atoms with Crippen molar-refractivity contribution in [1.82, 2.24) is 0 Å². The molecule has 24 heavy (non-hydrogen) atoms. The number of hydrogen-bond acceptors (Lipinski definition) is 2. The van der Waals surface area contributed by atoms with E-state index >= 15 is 0 Å². The van der Waals surface area contributed by atoms with Crippen LogP contribution in [-0.4, -0.2) is 11.7 Å². The van der Waals surface area contributed by atoms with E-state index in [1.54, 1.807) is 28.8 Å². The molecule has 1 aliphatic rings. The van der Waals surface area contributed by atoms with Crippen LogP contribution in [0.3, 0.4) is 0 Å². The topological polar surface area (TPSA) is 20.3 Å². The van der Waals surface area contributed by atoms with Crippen molar-refractivity contribution in [1.29, 1.82) is 0 Å². The molecular formula is C19H19Cl2NOS. The van der Waals surface area contributed by atoms with Crippen LogP contribution >= 0.6 is 35.0 Å². The van der Waals surface area contributed by atoms with Gasteiger partial charge in [-0.1, -0.05) is 68.2 Å². The summed E-state index contributed by atoms with van der Waals surface area (Å²) in [4.78, 5) is 14.2. The summed E-state index contributed by atoms with van der Waals surface area (Å²) < 4.78 is 0. The molecule has 0 spiro atoms. The van der Waals surface area contributed by atoms with Gasteiger partial charge in [-0.05, 0) is 34.7 Å². The lowest BCUT2D eigenvalue weighted by Crippen LogP contribution is -2.27. The minimum atomic E-state index is -0.0382. The highest BCUT2D eigenvalue weighted by Crippen LogP contribution is 2.43. The average Bonchev–Trinajstić information content (AvgIpc) is 2.91. The molecule has 0 bridgehead atoms. The third-order valence-corrected chi connectivity index (χ3v) is 6.06. The van der Waals surface area contributed by atoms with Crippen molar-refractivity contribution < 1.29 is 4.79 Å². The van der Waals surface area contributed by atoms with Gasteiger partial charge in [-0.25, -0.2) is 0 Å². The Kier molecular flexibility index (Phi) is 4.87. The van der Waals surface area contributed by atoms with Crippen molar-refractivity contribution in [2.75, 3.05) is 10.7 Å². The summed E-state index contributed by atoms with van der Waals surface area (Å²) in [6.07, 6.45) is 0. The highest BCUT2D eigenvalue weighted by atomic mass is 35.5. The standard InChI is InChI=1S/C19H19Cl2NOS/c1-19(2,3)13-6-4-12(5-7-13)18-22(17(23)11-24-18)14-8-9-15(20)16(21)10-14/h4-10,18H,11H2,1-3H3/t18-/m0/s1. The fourth-order valence-corrected chi connectivity index (χ4v) is 4.20. The maximum Gasteiger partial charge on any atom is 0.238 e. The van der Waals surface area contributed by atoms with Crippen LogP contribution in [0.5, 0.6) is 0 Å². The van der Waals surface area contributed by atoms with Gasteiger partial charge in [-0.3, -0.25) is 9.69 Å². The first kappa shape index (κ1) is 17.7. The summed E-state index contributed by atoms with van der Waals surface area (Å²) in [5.41, 5.74) is 3.29. The lowest BCUT2D eigenvalue weighted by Gasteiger charge is -2.26. The van der Waals surface area contributed by atoms with E-state index in [0.29, 0.717) is 15.8 Å². The molecule has 1 atom stereocenters. The minimum Gasteiger partial charge on any atom is -0.295 e. The van der Waals surface area contributed by atoms with Crippen molar-refractivity contribution in [3.8, 4) is 0 Å². The third kappa shape index (κ3) is 3.44. The molecule has 1 saturated heterocycles. The molecular weight excluding hydrogens is 361 g/mol. The average molecular weight is 380 g/mol. The highest BCUT2D eigenvalue weighted by molar-refractivity contribution is 8.00. The molecule has 2 aromatic rings. The van der Waals surface area contributed by atoms with E-state index in [1.807, 2.05) is 6.07 Å². The van der Waals surface area contributed by atoms with E-state index < -0.39 is 0 Å². The van der Waals surface area contributed by atoms with Crippen LogP contribution in [0.4, 0.5) is 5.69 Å². The van der Waals surface area contributed by atoms with Crippen molar-refractivity contribution >= 4 is 46.6 Å². The number of thioether (sulfide) groups is 1. The van der Waals surface area contributed by atoms with Crippen molar-refractivity contribution in [2.45, 2.75) is 31.6 Å². The fourth-order valence-electron chi connectivity index (χ4n) is 2.73. The van der Waals surface area contributed by atoms with Crippen molar-refractivity contribution in [3.63, 3.8) is 0 Å². The molecule has 0 aromatic heterocycles. The molecule has 1 heterocycles. The quantitative estimate of drug-likeness (QED) is 0.630. The molecule has 0 N–H and O–H groups in total. The molecule has 1 fully saturated rings. The van der Waals surface area contributed by atoms with E-state index in [9.17, 15) is 4.79 Å². The van der Waals surface area contributed by atoms with Gasteiger partial charge in [-0.15, -0.1) is 11.8 Å². The summed E-state index contributed by atoms with van der Waals surface area (Å²) in [7, 11) is 0. The van der Waals surface area contributed by atoms with Crippen LogP contribution < -0.4 is 4.90 Å². The number of halogens is 2. The van der Waals surface area contributed by atoms with Crippen LogP contribution in [0.2, 0.25) is 10.0 Å². The number of carbonyl (C=O) groups excluding carboxylic acids is 1. The van der Waals surface area contributed by atoms with Gasteiger partial charge in [0.05, 0.1) is 15.8 Å². The molecule has 0 aliphatic carbocycles. The molecule has 0 radical (unpaired) electrons. The number of anilines is 1. The molecule has 1 aliphatic heterocycles. The largest absolute Gasteiger partial charge is 0.295 e. The van der Waals surface area contributed by atoms with E-state index in [-0.39, 0.29) is 16.7 Å². The zero-order valence-corrected chi connectivity index (χ0v) is 16.2. The van der Waals surface area contributed by atoms with Gasteiger partial charge in [0.1, 0.15) is 5.37 Å². The Hall–Kier alpha value is -1.16.